The van der Waals surface area contributed by atoms with E-state index in [9.17, 15) is 19.5 Å². The Bertz CT molecular complexity index is 1120. The lowest BCUT2D eigenvalue weighted by molar-refractivity contribution is -0.137. The molecule has 0 spiro atoms. The van der Waals surface area contributed by atoms with E-state index in [1.807, 2.05) is 30.0 Å². The van der Waals surface area contributed by atoms with E-state index < -0.39 is 11.9 Å². The van der Waals surface area contributed by atoms with Crippen LogP contribution in [-0.2, 0) is 14.4 Å². The van der Waals surface area contributed by atoms with E-state index in [2.05, 4.69) is 27.7 Å². The number of hydrogen-bond donors (Lipinski definition) is 1. The number of ether oxygens (including phenoxy) is 2. The standard InChI is InChI=1S/C29H37NO6/c1-7-36-23-12-17(8-9-22(23)35-6)25-26-18(13-28(2,3)15-20(26)31)30(11-10-24(33)34)19-14-29(4,5)16-21(32)27(19)25/h8-9,12,25H,7,10-11,13-16H2,1-6H3,(H,33,34). The summed E-state index contributed by atoms with van der Waals surface area (Å²) < 4.78 is 11.3. The molecule has 0 amide bonds. The van der Waals surface area contributed by atoms with Gasteiger partial charge in [0.05, 0.1) is 20.1 Å². The van der Waals surface area contributed by atoms with E-state index >= 15 is 0 Å². The number of carbonyl (C=O) groups is 3. The molecule has 7 nitrogen and oxygen atoms in total. The number of nitrogens with zero attached hydrogens (tertiary/aromatic N) is 1. The molecule has 1 aromatic rings. The highest BCUT2D eigenvalue weighted by atomic mass is 16.5. The van der Waals surface area contributed by atoms with Crippen LogP contribution in [0.1, 0.15) is 78.2 Å². The molecule has 0 fully saturated rings. The van der Waals surface area contributed by atoms with Gasteiger partial charge in [-0.3, -0.25) is 14.4 Å². The summed E-state index contributed by atoms with van der Waals surface area (Å²) in [6.07, 6.45) is 1.98. The van der Waals surface area contributed by atoms with Crippen molar-refractivity contribution in [2.45, 2.75) is 72.6 Å². The molecule has 0 radical (unpaired) electrons. The maximum Gasteiger partial charge on any atom is 0.305 e. The number of carboxylic acid groups (broad SMARTS) is 1. The van der Waals surface area contributed by atoms with Gasteiger partial charge in [0.1, 0.15) is 0 Å². The Morgan fingerprint density at radius 3 is 2.00 bits per heavy atom. The predicted octanol–water partition coefficient (Wildman–Crippen LogP) is 5.25. The molecule has 3 aliphatic rings. The van der Waals surface area contributed by atoms with E-state index in [-0.39, 0.29) is 35.4 Å². The molecule has 1 aromatic carbocycles. The van der Waals surface area contributed by atoms with Gasteiger partial charge in [-0.1, -0.05) is 33.8 Å². The van der Waals surface area contributed by atoms with Crippen LogP contribution in [-0.4, -0.2) is 47.8 Å². The normalized spacial score (nSPS) is 21.3. The third-order valence-corrected chi connectivity index (χ3v) is 7.39. The van der Waals surface area contributed by atoms with E-state index in [0.717, 1.165) is 17.0 Å². The van der Waals surface area contributed by atoms with Crippen molar-refractivity contribution in [3.63, 3.8) is 0 Å². The molecule has 0 saturated carbocycles. The zero-order valence-corrected chi connectivity index (χ0v) is 22.2. The van der Waals surface area contributed by atoms with Crippen LogP contribution in [0.25, 0.3) is 0 Å². The highest BCUT2D eigenvalue weighted by Crippen LogP contribution is 2.54. The Morgan fingerprint density at radius 1 is 0.972 bits per heavy atom. The van der Waals surface area contributed by atoms with Gasteiger partial charge in [0.15, 0.2) is 23.1 Å². The molecule has 0 aromatic heterocycles. The van der Waals surface area contributed by atoms with Gasteiger partial charge in [0.25, 0.3) is 0 Å². The number of methoxy groups -OCH3 is 1. The number of allylic oxidation sites excluding steroid dienone is 4. The van der Waals surface area contributed by atoms with Crippen molar-refractivity contribution in [2.75, 3.05) is 20.3 Å². The van der Waals surface area contributed by atoms with E-state index in [1.54, 1.807) is 7.11 Å². The maximum atomic E-state index is 13.8. The van der Waals surface area contributed by atoms with Crippen molar-refractivity contribution < 1.29 is 29.0 Å². The fourth-order valence-electron chi connectivity index (χ4n) is 6.00. The van der Waals surface area contributed by atoms with Crippen LogP contribution in [0.4, 0.5) is 0 Å². The Morgan fingerprint density at radius 2 is 1.53 bits per heavy atom. The van der Waals surface area contributed by atoms with Crippen LogP contribution in [0.15, 0.2) is 40.7 Å². The molecule has 1 aliphatic heterocycles. The van der Waals surface area contributed by atoms with Crippen LogP contribution in [0.2, 0.25) is 0 Å². The van der Waals surface area contributed by atoms with Gasteiger partial charge in [-0.15, -0.1) is 0 Å². The molecule has 0 atom stereocenters. The van der Waals surface area contributed by atoms with Gasteiger partial charge in [-0.2, -0.15) is 0 Å². The second-order valence-electron chi connectivity index (χ2n) is 11.7. The van der Waals surface area contributed by atoms with Crippen molar-refractivity contribution in [1.29, 1.82) is 0 Å². The minimum absolute atomic E-state index is 0.0181. The highest BCUT2D eigenvalue weighted by Gasteiger charge is 2.49. The zero-order chi connectivity index (χ0) is 26.4. The Kier molecular flexibility index (Phi) is 6.80. The lowest BCUT2D eigenvalue weighted by atomic mass is 9.63. The quantitative estimate of drug-likeness (QED) is 0.552. The number of hydrogen-bond acceptors (Lipinski definition) is 6. The molecule has 2 aliphatic carbocycles. The molecule has 0 saturated heterocycles. The maximum absolute atomic E-state index is 13.8. The highest BCUT2D eigenvalue weighted by molar-refractivity contribution is 6.06. The molecule has 7 heteroatoms. The summed E-state index contributed by atoms with van der Waals surface area (Å²) in [5.74, 6) is -0.208. The Labute approximate surface area is 213 Å². The monoisotopic (exact) mass is 495 g/mol. The lowest BCUT2D eigenvalue weighted by Crippen LogP contribution is -2.45. The SMILES string of the molecule is CCOc1cc(C2C3=C(CC(C)(C)CC3=O)N(CCC(=O)O)C3=C2C(=O)CC(C)(C)C3)ccc1OC. The second kappa shape index (κ2) is 9.41. The van der Waals surface area contributed by atoms with Crippen molar-refractivity contribution in [2.24, 2.45) is 10.8 Å². The van der Waals surface area contributed by atoms with E-state index in [4.69, 9.17) is 9.47 Å². The molecule has 36 heavy (non-hydrogen) atoms. The molecular formula is C29H37NO6. The average Bonchev–Trinajstić information content (AvgIpc) is 2.75. The van der Waals surface area contributed by atoms with Crippen molar-refractivity contribution in [1.82, 2.24) is 4.90 Å². The van der Waals surface area contributed by atoms with Gasteiger partial charge in [-0.05, 0) is 48.3 Å². The molecule has 4 rings (SSSR count). The molecule has 1 N–H and O–H groups in total. The van der Waals surface area contributed by atoms with Gasteiger partial charge < -0.3 is 19.5 Å². The summed E-state index contributed by atoms with van der Waals surface area (Å²) >= 11 is 0. The summed E-state index contributed by atoms with van der Waals surface area (Å²) in [5, 5.41) is 9.49. The number of carbonyl (C=O) groups excluding carboxylic acids is 2. The summed E-state index contributed by atoms with van der Waals surface area (Å²) in [7, 11) is 1.58. The smallest absolute Gasteiger partial charge is 0.305 e. The number of benzene rings is 1. The van der Waals surface area contributed by atoms with Gasteiger partial charge in [0.2, 0.25) is 0 Å². The van der Waals surface area contributed by atoms with Crippen LogP contribution < -0.4 is 9.47 Å². The van der Waals surface area contributed by atoms with Crippen LogP contribution in [0.3, 0.4) is 0 Å². The Hall–Kier alpha value is -3.09. The number of carboxylic acids is 1. The number of Topliss-reactive ketones (excluding diaryl/α,β-unsaturated/α-hetero) is 2. The van der Waals surface area contributed by atoms with Gasteiger partial charge >= 0.3 is 5.97 Å². The third kappa shape index (κ3) is 4.80. The first-order valence-corrected chi connectivity index (χ1v) is 12.7. The molecular weight excluding hydrogens is 458 g/mol. The Balaban J connectivity index is 1.98. The van der Waals surface area contributed by atoms with Crippen LogP contribution in [0.5, 0.6) is 11.5 Å². The summed E-state index contributed by atoms with van der Waals surface area (Å²) in [6.45, 7) is 10.9. The lowest BCUT2D eigenvalue weighted by Gasteiger charge is -2.49. The fourth-order valence-corrected chi connectivity index (χ4v) is 6.00. The second-order valence-corrected chi connectivity index (χ2v) is 11.7. The predicted molar refractivity (Wildman–Crippen MR) is 136 cm³/mol. The molecule has 0 bridgehead atoms. The molecule has 1 heterocycles. The van der Waals surface area contributed by atoms with Gasteiger partial charge in [0, 0.05) is 47.8 Å². The number of aliphatic carboxylic acids is 1. The summed E-state index contributed by atoms with van der Waals surface area (Å²) in [6, 6.07) is 5.62. The first-order valence-electron chi connectivity index (χ1n) is 12.7. The molecule has 194 valence electrons. The number of ketones is 2. The van der Waals surface area contributed by atoms with Crippen molar-refractivity contribution >= 4 is 17.5 Å². The summed E-state index contributed by atoms with van der Waals surface area (Å²) in [5.41, 5.74) is 3.27. The van der Waals surface area contributed by atoms with Gasteiger partial charge in [-0.25, -0.2) is 0 Å². The van der Waals surface area contributed by atoms with Crippen molar-refractivity contribution in [3.8, 4) is 11.5 Å². The minimum atomic E-state index is -0.902. The van der Waals surface area contributed by atoms with E-state index in [1.165, 1.54) is 0 Å². The zero-order valence-electron chi connectivity index (χ0n) is 22.2. The average molecular weight is 496 g/mol. The van der Waals surface area contributed by atoms with Crippen LogP contribution in [0, 0.1) is 10.8 Å². The van der Waals surface area contributed by atoms with E-state index in [0.29, 0.717) is 54.9 Å². The topological polar surface area (TPSA) is 93.1 Å². The number of rotatable bonds is 7. The summed E-state index contributed by atoms with van der Waals surface area (Å²) in [4.78, 5) is 41.1. The largest absolute Gasteiger partial charge is 0.493 e. The van der Waals surface area contributed by atoms with Crippen molar-refractivity contribution in [3.05, 3.63) is 46.3 Å². The first kappa shape index (κ1) is 26.0. The molecule has 0 unspecified atom stereocenters. The first-order chi connectivity index (χ1) is 16.9. The third-order valence-electron chi connectivity index (χ3n) is 7.39. The fraction of sp³-hybridized carbons (Fsp3) is 0.552. The minimum Gasteiger partial charge on any atom is -0.493 e. The van der Waals surface area contributed by atoms with Crippen LogP contribution >= 0.6 is 0 Å².